The van der Waals surface area contributed by atoms with Crippen molar-refractivity contribution in [2.75, 3.05) is 13.2 Å². The standard InChI is InChI=1S/C32H60O4/c1-3-5-7-9-21-25-29-35-31(33)27-23-19-17-15-13-11-12-14-16-18-20-24-28-32(34)36-30-26-22-10-8-6-4-2/h17,19H,3-16,18,20-30H2,1-2H3/b19-17+. The van der Waals surface area contributed by atoms with Crippen molar-refractivity contribution in [1.29, 1.82) is 0 Å². The van der Waals surface area contributed by atoms with Crippen LogP contribution in [0.2, 0.25) is 0 Å². The molecular weight excluding hydrogens is 448 g/mol. The van der Waals surface area contributed by atoms with Gasteiger partial charge in [-0.05, 0) is 38.5 Å². The number of allylic oxidation sites excluding steroid dienone is 2. The van der Waals surface area contributed by atoms with E-state index in [1.807, 2.05) is 0 Å². The highest BCUT2D eigenvalue weighted by atomic mass is 16.5. The third-order valence-electron chi connectivity index (χ3n) is 6.71. The average molecular weight is 509 g/mol. The van der Waals surface area contributed by atoms with Crippen molar-refractivity contribution in [3.63, 3.8) is 0 Å². The SMILES string of the molecule is CCCCCCCCOC(=O)CC/C=C/CCCCCCCCCCC(=O)OCCCCCCCC. The molecule has 0 aliphatic carbocycles. The maximum absolute atomic E-state index is 11.8. The minimum atomic E-state index is -0.0572. The molecule has 0 saturated heterocycles. The van der Waals surface area contributed by atoms with Crippen LogP contribution in [-0.2, 0) is 19.1 Å². The van der Waals surface area contributed by atoms with Crippen LogP contribution < -0.4 is 0 Å². The molecule has 0 unspecified atom stereocenters. The van der Waals surface area contributed by atoms with Crippen molar-refractivity contribution in [1.82, 2.24) is 0 Å². The smallest absolute Gasteiger partial charge is 0.306 e. The first kappa shape index (κ1) is 34.7. The molecule has 0 amide bonds. The lowest BCUT2D eigenvalue weighted by molar-refractivity contribution is -0.144. The molecule has 0 saturated carbocycles. The van der Waals surface area contributed by atoms with Gasteiger partial charge in [-0.15, -0.1) is 0 Å². The molecule has 0 N–H and O–H groups in total. The van der Waals surface area contributed by atoms with Gasteiger partial charge in [-0.2, -0.15) is 0 Å². The summed E-state index contributed by atoms with van der Waals surface area (Å²) >= 11 is 0. The van der Waals surface area contributed by atoms with Gasteiger partial charge < -0.3 is 9.47 Å². The van der Waals surface area contributed by atoms with Crippen molar-refractivity contribution < 1.29 is 19.1 Å². The lowest BCUT2D eigenvalue weighted by Gasteiger charge is -2.05. The molecule has 0 aromatic rings. The van der Waals surface area contributed by atoms with E-state index >= 15 is 0 Å². The Morgan fingerprint density at radius 3 is 1.36 bits per heavy atom. The van der Waals surface area contributed by atoms with Gasteiger partial charge in [0.15, 0.2) is 0 Å². The van der Waals surface area contributed by atoms with Crippen molar-refractivity contribution in [2.24, 2.45) is 0 Å². The van der Waals surface area contributed by atoms with E-state index in [0.717, 1.165) is 38.5 Å². The van der Waals surface area contributed by atoms with Gasteiger partial charge in [-0.3, -0.25) is 9.59 Å². The van der Waals surface area contributed by atoms with Crippen LogP contribution in [0.15, 0.2) is 12.2 Å². The van der Waals surface area contributed by atoms with Gasteiger partial charge in [-0.25, -0.2) is 0 Å². The number of unbranched alkanes of at least 4 members (excludes halogenated alkanes) is 18. The molecule has 4 nitrogen and oxygen atoms in total. The molecule has 0 heterocycles. The molecule has 0 aromatic heterocycles. The zero-order valence-electron chi connectivity index (χ0n) is 24.2. The second-order valence-corrected chi connectivity index (χ2v) is 10.4. The molecule has 0 radical (unpaired) electrons. The first-order chi connectivity index (χ1) is 17.7. The highest BCUT2D eigenvalue weighted by molar-refractivity contribution is 5.69. The predicted molar refractivity (Wildman–Crippen MR) is 153 cm³/mol. The van der Waals surface area contributed by atoms with E-state index in [0.29, 0.717) is 26.1 Å². The van der Waals surface area contributed by atoms with Crippen molar-refractivity contribution >= 4 is 11.9 Å². The second kappa shape index (κ2) is 29.9. The number of rotatable bonds is 28. The van der Waals surface area contributed by atoms with Crippen LogP contribution in [0.1, 0.15) is 168 Å². The number of hydrogen-bond acceptors (Lipinski definition) is 4. The summed E-state index contributed by atoms with van der Waals surface area (Å²) in [6.07, 6.45) is 31.6. The third-order valence-corrected chi connectivity index (χ3v) is 6.71. The molecule has 4 heteroatoms. The van der Waals surface area contributed by atoms with Crippen molar-refractivity contribution in [2.45, 2.75) is 168 Å². The molecule has 0 spiro atoms. The first-order valence-corrected chi connectivity index (χ1v) is 15.7. The quantitative estimate of drug-likeness (QED) is 0.0599. The maximum atomic E-state index is 11.8. The van der Waals surface area contributed by atoms with E-state index in [1.165, 1.54) is 103 Å². The van der Waals surface area contributed by atoms with Gasteiger partial charge in [0.1, 0.15) is 0 Å². The van der Waals surface area contributed by atoms with Gasteiger partial charge in [0.25, 0.3) is 0 Å². The Labute approximate surface area is 224 Å². The van der Waals surface area contributed by atoms with Crippen molar-refractivity contribution in [3.05, 3.63) is 12.2 Å². The molecular formula is C32H60O4. The molecule has 212 valence electrons. The monoisotopic (exact) mass is 508 g/mol. The number of esters is 2. The Morgan fingerprint density at radius 1 is 0.444 bits per heavy atom. The molecule has 0 atom stereocenters. The molecule has 0 fully saturated rings. The lowest BCUT2D eigenvalue weighted by Crippen LogP contribution is -2.05. The van der Waals surface area contributed by atoms with Crippen LogP contribution in [0, 0.1) is 0 Å². The summed E-state index contributed by atoms with van der Waals surface area (Å²) in [6.45, 7) is 5.64. The fourth-order valence-electron chi connectivity index (χ4n) is 4.31. The Balaban J connectivity index is 3.27. The van der Waals surface area contributed by atoms with Crippen LogP contribution in [0.5, 0.6) is 0 Å². The Morgan fingerprint density at radius 2 is 0.833 bits per heavy atom. The van der Waals surface area contributed by atoms with E-state index < -0.39 is 0 Å². The summed E-state index contributed by atoms with van der Waals surface area (Å²) < 4.78 is 10.6. The van der Waals surface area contributed by atoms with E-state index in [1.54, 1.807) is 0 Å². The number of hydrogen-bond donors (Lipinski definition) is 0. The van der Waals surface area contributed by atoms with Gasteiger partial charge >= 0.3 is 11.9 Å². The van der Waals surface area contributed by atoms with E-state index in [-0.39, 0.29) is 11.9 Å². The van der Waals surface area contributed by atoms with Gasteiger partial charge in [0.2, 0.25) is 0 Å². The van der Waals surface area contributed by atoms with Crippen LogP contribution >= 0.6 is 0 Å². The van der Waals surface area contributed by atoms with Gasteiger partial charge in [0.05, 0.1) is 13.2 Å². The van der Waals surface area contributed by atoms with Crippen LogP contribution in [0.3, 0.4) is 0 Å². The molecule has 0 aliphatic heterocycles. The van der Waals surface area contributed by atoms with Crippen molar-refractivity contribution in [3.8, 4) is 0 Å². The molecule has 0 rings (SSSR count). The summed E-state index contributed by atoms with van der Waals surface area (Å²) in [4.78, 5) is 23.5. The maximum Gasteiger partial charge on any atom is 0.306 e. The summed E-state index contributed by atoms with van der Waals surface area (Å²) in [5, 5.41) is 0. The van der Waals surface area contributed by atoms with Gasteiger partial charge in [-0.1, -0.05) is 129 Å². The molecule has 0 bridgehead atoms. The number of ether oxygens (including phenoxy) is 2. The topological polar surface area (TPSA) is 52.6 Å². The summed E-state index contributed by atoms with van der Waals surface area (Å²) in [5.41, 5.74) is 0. The zero-order chi connectivity index (χ0) is 26.4. The highest BCUT2D eigenvalue weighted by Crippen LogP contribution is 2.12. The lowest BCUT2D eigenvalue weighted by atomic mass is 10.1. The Kier molecular flexibility index (Phi) is 28.8. The van der Waals surface area contributed by atoms with Crippen LogP contribution in [0.4, 0.5) is 0 Å². The Hall–Kier alpha value is -1.32. The largest absolute Gasteiger partial charge is 0.466 e. The summed E-state index contributed by atoms with van der Waals surface area (Å²) in [5.74, 6) is -0.0695. The summed E-state index contributed by atoms with van der Waals surface area (Å²) in [7, 11) is 0. The fourth-order valence-corrected chi connectivity index (χ4v) is 4.31. The molecule has 0 aliphatic rings. The highest BCUT2D eigenvalue weighted by Gasteiger charge is 2.03. The summed E-state index contributed by atoms with van der Waals surface area (Å²) in [6, 6.07) is 0. The molecule has 0 aromatic carbocycles. The van der Waals surface area contributed by atoms with Crippen LogP contribution in [-0.4, -0.2) is 25.2 Å². The minimum Gasteiger partial charge on any atom is -0.466 e. The fraction of sp³-hybridized carbons (Fsp3) is 0.875. The number of carbonyl (C=O) groups excluding carboxylic acids is 2. The number of carbonyl (C=O) groups is 2. The van der Waals surface area contributed by atoms with E-state index in [2.05, 4.69) is 26.0 Å². The van der Waals surface area contributed by atoms with Gasteiger partial charge in [0, 0.05) is 12.8 Å². The van der Waals surface area contributed by atoms with Crippen LogP contribution in [0.25, 0.3) is 0 Å². The second-order valence-electron chi connectivity index (χ2n) is 10.4. The van der Waals surface area contributed by atoms with E-state index in [9.17, 15) is 9.59 Å². The third kappa shape index (κ3) is 28.9. The van der Waals surface area contributed by atoms with E-state index in [4.69, 9.17) is 9.47 Å². The minimum absolute atomic E-state index is 0.0123. The average Bonchev–Trinajstić information content (AvgIpc) is 2.87. The zero-order valence-corrected chi connectivity index (χ0v) is 24.2. The Bertz CT molecular complexity index is 500. The predicted octanol–water partition coefficient (Wildman–Crippen LogP) is 10.0. The normalized spacial score (nSPS) is 11.3. The molecule has 36 heavy (non-hydrogen) atoms. The first-order valence-electron chi connectivity index (χ1n) is 15.7.